The van der Waals surface area contributed by atoms with Crippen LogP contribution >= 0.6 is 0 Å². The minimum absolute atomic E-state index is 0.105. The molecule has 0 radical (unpaired) electrons. The molecule has 0 aliphatic carbocycles. The Morgan fingerprint density at radius 3 is 2.25 bits per heavy atom. The van der Waals surface area contributed by atoms with E-state index < -0.39 is 23.1 Å². The summed E-state index contributed by atoms with van der Waals surface area (Å²) in [6.45, 7) is 3.67. The molecule has 12 heavy (non-hydrogen) atoms. The van der Waals surface area contributed by atoms with Crippen molar-refractivity contribution in [3.05, 3.63) is 0 Å². The van der Waals surface area contributed by atoms with Crippen molar-refractivity contribution in [3.63, 3.8) is 0 Å². The SMILES string of the molecule is CC[C@@H](C)C[S+]([O-])CC(F)(F)F. The molecule has 0 saturated heterocycles. The van der Waals surface area contributed by atoms with Gasteiger partial charge in [-0.15, -0.1) is 0 Å². The molecule has 0 aromatic carbocycles. The zero-order valence-corrected chi connectivity index (χ0v) is 7.97. The van der Waals surface area contributed by atoms with Crippen LogP contribution in [0.2, 0.25) is 0 Å². The molecule has 0 saturated carbocycles. The van der Waals surface area contributed by atoms with Gasteiger partial charge in [-0.2, -0.15) is 13.2 Å². The Balaban J connectivity index is 3.66. The lowest BCUT2D eigenvalue weighted by Gasteiger charge is -2.15. The zero-order chi connectivity index (χ0) is 9.78. The van der Waals surface area contributed by atoms with Gasteiger partial charge in [0.2, 0.25) is 5.75 Å². The monoisotopic (exact) mass is 202 g/mol. The zero-order valence-electron chi connectivity index (χ0n) is 7.15. The standard InChI is InChI=1S/C7H13F3OS/c1-3-6(2)4-12(11)5-7(8,9)10/h6H,3-5H2,1-2H3/t6-,12?/m1/s1. The Morgan fingerprint density at radius 2 is 1.92 bits per heavy atom. The topological polar surface area (TPSA) is 23.1 Å². The van der Waals surface area contributed by atoms with Crippen LogP contribution in [0.4, 0.5) is 13.2 Å². The van der Waals surface area contributed by atoms with Crippen LogP contribution in [-0.4, -0.2) is 22.2 Å². The van der Waals surface area contributed by atoms with Crippen molar-refractivity contribution < 1.29 is 17.7 Å². The van der Waals surface area contributed by atoms with Gasteiger partial charge in [-0.1, -0.05) is 13.8 Å². The average molecular weight is 202 g/mol. The van der Waals surface area contributed by atoms with Crippen molar-refractivity contribution in [2.75, 3.05) is 11.5 Å². The average Bonchev–Trinajstić information content (AvgIpc) is 1.82. The van der Waals surface area contributed by atoms with Crippen LogP contribution < -0.4 is 0 Å². The van der Waals surface area contributed by atoms with Crippen molar-refractivity contribution in [3.8, 4) is 0 Å². The van der Waals surface area contributed by atoms with E-state index in [0.717, 1.165) is 6.42 Å². The van der Waals surface area contributed by atoms with Crippen LogP contribution in [0.15, 0.2) is 0 Å². The maximum Gasteiger partial charge on any atom is 0.433 e. The molecule has 0 aromatic heterocycles. The molecule has 0 spiro atoms. The van der Waals surface area contributed by atoms with Crippen molar-refractivity contribution in [2.24, 2.45) is 5.92 Å². The number of hydrogen-bond acceptors (Lipinski definition) is 1. The Labute approximate surface area is 73.5 Å². The highest BCUT2D eigenvalue weighted by Gasteiger charge is 2.34. The lowest BCUT2D eigenvalue weighted by atomic mass is 10.2. The Morgan fingerprint density at radius 1 is 1.42 bits per heavy atom. The molecular weight excluding hydrogens is 189 g/mol. The number of rotatable bonds is 4. The molecule has 0 rings (SSSR count). The Hall–Kier alpha value is 0.100. The van der Waals surface area contributed by atoms with Crippen LogP contribution in [0.5, 0.6) is 0 Å². The third-order valence-corrected chi connectivity index (χ3v) is 3.08. The van der Waals surface area contributed by atoms with Gasteiger partial charge in [-0.25, -0.2) is 0 Å². The van der Waals surface area contributed by atoms with Crippen LogP contribution in [0.1, 0.15) is 20.3 Å². The summed E-state index contributed by atoms with van der Waals surface area (Å²) in [7, 11) is 0. The molecule has 0 N–H and O–H groups in total. The van der Waals surface area contributed by atoms with Gasteiger partial charge in [0.15, 0.2) is 0 Å². The van der Waals surface area contributed by atoms with Crippen LogP contribution in [0.25, 0.3) is 0 Å². The fourth-order valence-corrected chi connectivity index (χ4v) is 2.03. The summed E-state index contributed by atoms with van der Waals surface area (Å²) < 4.78 is 45.8. The fourth-order valence-electron chi connectivity index (χ4n) is 0.677. The number of alkyl halides is 3. The summed E-state index contributed by atoms with van der Waals surface area (Å²) in [4.78, 5) is 0. The molecule has 0 aliphatic rings. The van der Waals surface area contributed by atoms with E-state index in [9.17, 15) is 17.7 Å². The maximum absolute atomic E-state index is 11.7. The van der Waals surface area contributed by atoms with E-state index in [4.69, 9.17) is 0 Å². The summed E-state index contributed by atoms with van der Waals surface area (Å²) in [5.74, 6) is -0.916. The summed E-state index contributed by atoms with van der Waals surface area (Å²) >= 11 is -1.74. The molecule has 2 atom stereocenters. The predicted octanol–water partition coefficient (Wildman–Crippen LogP) is 2.34. The first-order chi connectivity index (χ1) is 5.35. The molecule has 74 valence electrons. The highest BCUT2D eigenvalue weighted by molar-refractivity contribution is 7.91. The molecule has 0 aromatic rings. The molecule has 0 bridgehead atoms. The predicted molar refractivity (Wildman–Crippen MR) is 43.4 cm³/mol. The summed E-state index contributed by atoms with van der Waals surface area (Å²) in [5.41, 5.74) is 0. The van der Waals surface area contributed by atoms with Crippen LogP contribution in [0.3, 0.4) is 0 Å². The van der Waals surface area contributed by atoms with Gasteiger partial charge in [0, 0.05) is 5.92 Å². The van der Waals surface area contributed by atoms with E-state index >= 15 is 0 Å². The Kier molecular flexibility index (Phi) is 5.01. The summed E-state index contributed by atoms with van der Waals surface area (Å²) in [5, 5.41) is 0. The minimum Gasteiger partial charge on any atom is -0.616 e. The first kappa shape index (κ1) is 12.1. The number of halogens is 3. The van der Waals surface area contributed by atoms with E-state index in [1.165, 1.54) is 0 Å². The normalized spacial score (nSPS) is 17.5. The quantitative estimate of drug-likeness (QED) is 0.642. The van der Waals surface area contributed by atoms with Gasteiger partial charge in [0.25, 0.3) is 0 Å². The molecule has 5 heteroatoms. The van der Waals surface area contributed by atoms with E-state index in [1.54, 1.807) is 6.92 Å². The van der Waals surface area contributed by atoms with Gasteiger partial charge in [-0.3, -0.25) is 0 Å². The van der Waals surface area contributed by atoms with Crippen molar-refractivity contribution >= 4 is 11.2 Å². The lowest BCUT2D eigenvalue weighted by molar-refractivity contribution is -0.106. The molecule has 1 nitrogen and oxygen atoms in total. The molecule has 0 amide bonds. The largest absolute Gasteiger partial charge is 0.616 e. The van der Waals surface area contributed by atoms with Gasteiger partial charge < -0.3 is 4.55 Å². The van der Waals surface area contributed by atoms with E-state index in [-0.39, 0.29) is 11.7 Å². The maximum atomic E-state index is 11.7. The molecule has 1 unspecified atom stereocenters. The highest BCUT2D eigenvalue weighted by Crippen LogP contribution is 2.19. The smallest absolute Gasteiger partial charge is 0.433 e. The lowest BCUT2D eigenvalue weighted by Crippen LogP contribution is -2.27. The van der Waals surface area contributed by atoms with Crippen LogP contribution in [-0.2, 0) is 11.2 Å². The molecule has 0 heterocycles. The second kappa shape index (κ2) is 4.97. The summed E-state index contributed by atoms with van der Waals surface area (Å²) in [6.07, 6.45) is -3.53. The van der Waals surface area contributed by atoms with Crippen LogP contribution in [0, 0.1) is 5.92 Å². The fraction of sp³-hybridized carbons (Fsp3) is 1.00. The second-order valence-electron chi connectivity index (χ2n) is 2.88. The van der Waals surface area contributed by atoms with Gasteiger partial charge in [0.05, 0.1) is 0 Å². The van der Waals surface area contributed by atoms with Crippen molar-refractivity contribution in [1.82, 2.24) is 0 Å². The minimum atomic E-state index is -4.29. The van der Waals surface area contributed by atoms with E-state index in [1.807, 2.05) is 6.92 Å². The van der Waals surface area contributed by atoms with E-state index in [0.29, 0.717) is 0 Å². The second-order valence-corrected chi connectivity index (χ2v) is 4.38. The summed E-state index contributed by atoms with van der Waals surface area (Å²) in [6, 6.07) is 0. The van der Waals surface area contributed by atoms with Crippen molar-refractivity contribution in [1.29, 1.82) is 0 Å². The molecule has 0 aliphatic heterocycles. The third kappa shape index (κ3) is 6.79. The third-order valence-electron chi connectivity index (χ3n) is 1.49. The first-order valence-corrected chi connectivity index (χ1v) is 5.25. The van der Waals surface area contributed by atoms with Gasteiger partial charge in [0.1, 0.15) is 5.75 Å². The molecular formula is C7H13F3OS. The van der Waals surface area contributed by atoms with Gasteiger partial charge in [-0.05, 0) is 17.6 Å². The highest BCUT2D eigenvalue weighted by atomic mass is 32.2. The number of hydrogen-bond donors (Lipinski definition) is 0. The van der Waals surface area contributed by atoms with Gasteiger partial charge >= 0.3 is 6.18 Å². The molecule has 0 fully saturated rings. The van der Waals surface area contributed by atoms with Crippen molar-refractivity contribution in [2.45, 2.75) is 26.4 Å². The first-order valence-electron chi connectivity index (χ1n) is 3.77. The van der Waals surface area contributed by atoms with E-state index in [2.05, 4.69) is 0 Å². The Bertz CT molecular complexity index is 126.